The van der Waals surface area contributed by atoms with Crippen LogP contribution in [0.25, 0.3) is 11.3 Å². The molecule has 158 valence electrons. The Bertz CT molecular complexity index is 887. The second kappa shape index (κ2) is 7.97. The number of hydrogen-bond donors (Lipinski definition) is 3. The van der Waals surface area contributed by atoms with Gasteiger partial charge in [0.05, 0.1) is 23.4 Å². The molecule has 0 saturated carbocycles. The number of nitrogens with zero attached hydrogens (tertiary/aromatic N) is 3. The Labute approximate surface area is 172 Å². The molecule has 2 aromatic rings. The number of aromatic nitrogens is 2. The number of nitrogens with one attached hydrogen (secondary N) is 1. The van der Waals surface area contributed by atoms with E-state index in [2.05, 4.69) is 15.5 Å². The highest BCUT2D eigenvalue weighted by atomic mass is 35.5. The Balaban J connectivity index is 0.00000240. The number of halogens is 4. The van der Waals surface area contributed by atoms with Gasteiger partial charge in [-0.1, -0.05) is 0 Å². The number of aliphatic hydroxyl groups is 1. The molecule has 6 nitrogen and oxygen atoms in total. The van der Waals surface area contributed by atoms with E-state index >= 15 is 0 Å². The summed E-state index contributed by atoms with van der Waals surface area (Å²) in [5.41, 5.74) is 0.878. The zero-order valence-corrected chi connectivity index (χ0v) is 16.5. The number of rotatable bonds is 2. The van der Waals surface area contributed by atoms with Gasteiger partial charge in [0.1, 0.15) is 5.75 Å². The Kier molecular flexibility index (Phi) is 5.93. The van der Waals surface area contributed by atoms with Crippen molar-refractivity contribution in [2.45, 2.75) is 38.1 Å². The lowest BCUT2D eigenvalue weighted by atomic mass is 9.99. The molecule has 0 radical (unpaired) electrons. The summed E-state index contributed by atoms with van der Waals surface area (Å²) < 4.78 is 38.8. The average molecular weight is 431 g/mol. The molecule has 3 N–H and O–H groups in total. The van der Waals surface area contributed by atoms with E-state index in [9.17, 15) is 23.4 Å². The predicted octanol–water partition coefficient (Wildman–Crippen LogP) is 2.68. The minimum absolute atomic E-state index is 0. The van der Waals surface area contributed by atoms with Crippen molar-refractivity contribution in [2.75, 3.05) is 24.5 Å². The first-order chi connectivity index (χ1) is 13.3. The summed E-state index contributed by atoms with van der Waals surface area (Å²) in [4.78, 5) is 2.03. The topological polar surface area (TPSA) is 81.5 Å². The van der Waals surface area contributed by atoms with Gasteiger partial charge in [-0.25, -0.2) is 0 Å². The van der Waals surface area contributed by atoms with Crippen LogP contribution in [0.4, 0.5) is 19.0 Å². The first kappa shape index (κ1) is 21.6. The molecule has 2 atom stereocenters. The summed E-state index contributed by atoms with van der Waals surface area (Å²) >= 11 is 0. The maximum atomic E-state index is 12.9. The van der Waals surface area contributed by atoms with Crippen LogP contribution in [0, 0.1) is 6.92 Å². The maximum Gasteiger partial charge on any atom is 0.416 e. The van der Waals surface area contributed by atoms with Crippen LogP contribution in [0.3, 0.4) is 0 Å². The van der Waals surface area contributed by atoms with Crippen LogP contribution in [0.15, 0.2) is 18.2 Å². The second-order valence-electron chi connectivity index (χ2n) is 7.33. The third-order valence-corrected chi connectivity index (χ3v) is 5.46. The molecular weight excluding hydrogens is 409 g/mol. The van der Waals surface area contributed by atoms with Gasteiger partial charge < -0.3 is 20.4 Å². The van der Waals surface area contributed by atoms with Gasteiger partial charge in [-0.05, 0) is 50.1 Å². The quantitative estimate of drug-likeness (QED) is 0.679. The fourth-order valence-corrected chi connectivity index (χ4v) is 4.05. The fraction of sp³-hybridized carbons (Fsp3) is 0.474. The number of anilines is 1. The molecule has 0 spiro atoms. The second-order valence-corrected chi connectivity index (χ2v) is 7.33. The minimum atomic E-state index is -4.53. The lowest BCUT2D eigenvalue weighted by Gasteiger charge is -2.36. The predicted molar refractivity (Wildman–Crippen MR) is 104 cm³/mol. The summed E-state index contributed by atoms with van der Waals surface area (Å²) in [6.45, 7) is 3.63. The van der Waals surface area contributed by atoms with Crippen LogP contribution in [0.5, 0.6) is 5.75 Å². The Hall–Kier alpha value is -2.10. The highest BCUT2D eigenvalue weighted by Crippen LogP contribution is 2.39. The van der Waals surface area contributed by atoms with E-state index in [0.717, 1.165) is 18.2 Å². The summed E-state index contributed by atoms with van der Waals surface area (Å²) in [6, 6.07) is 3.39. The summed E-state index contributed by atoms with van der Waals surface area (Å²) in [5.74, 6) is 0.212. The van der Waals surface area contributed by atoms with Gasteiger partial charge in [0, 0.05) is 24.2 Å². The van der Waals surface area contributed by atoms with Crippen molar-refractivity contribution in [1.82, 2.24) is 15.5 Å². The van der Waals surface area contributed by atoms with E-state index in [-0.39, 0.29) is 29.6 Å². The van der Waals surface area contributed by atoms with Gasteiger partial charge in [-0.15, -0.1) is 22.6 Å². The highest BCUT2D eigenvalue weighted by molar-refractivity contribution is 5.85. The monoisotopic (exact) mass is 430 g/mol. The fourth-order valence-electron chi connectivity index (χ4n) is 4.05. The van der Waals surface area contributed by atoms with Crippen molar-refractivity contribution in [3.63, 3.8) is 0 Å². The number of phenols is 1. The number of phenolic OH excluding ortho intramolecular Hbond substituents is 1. The third-order valence-electron chi connectivity index (χ3n) is 5.46. The molecule has 2 aliphatic heterocycles. The smallest absolute Gasteiger partial charge is 0.416 e. The minimum Gasteiger partial charge on any atom is -0.507 e. The Morgan fingerprint density at radius 3 is 2.62 bits per heavy atom. The van der Waals surface area contributed by atoms with Gasteiger partial charge in [0.2, 0.25) is 0 Å². The largest absolute Gasteiger partial charge is 0.507 e. The van der Waals surface area contributed by atoms with E-state index in [0.29, 0.717) is 43.5 Å². The van der Waals surface area contributed by atoms with Crippen LogP contribution < -0.4 is 10.2 Å². The zero-order valence-electron chi connectivity index (χ0n) is 15.7. The molecule has 1 saturated heterocycles. The maximum absolute atomic E-state index is 12.9. The van der Waals surface area contributed by atoms with Crippen molar-refractivity contribution >= 4 is 18.2 Å². The van der Waals surface area contributed by atoms with Crippen molar-refractivity contribution in [3.8, 4) is 17.0 Å². The van der Waals surface area contributed by atoms with Crippen molar-refractivity contribution < 1.29 is 23.4 Å². The number of fused-ring (bicyclic) bond motifs is 1. The highest BCUT2D eigenvalue weighted by Gasteiger charge is 2.35. The summed E-state index contributed by atoms with van der Waals surface area (Å²) in [7, 11) is 0. The van der Waals surface area contributed by atoms with Gasteiger partial charge in [-0.2, -0.15) is 13.2 Å². The van der Waals surface area contributed by atoms with Crippen LogP contribution in [0.1, 0.15) is 23.1 Å². The van der Waals surface area contributed by atoms with Crippen molar-refractivity contribution in [2.24, 2.45) is 0 Å². The molecule has 29 heavy (non-hydrogen) atoms. The number of hydrogen-bond acceptors (Lipinski definition) is 6. The molecule has 1 fully saturated rings. The van der Waals surface area contributed by atoms with Crippen LogP contribution in [-0.2, 0) is 12.6 Å². The molecule has 2 aliphatic rings. The Morgan fingerprint density at radius 1 is 1.21 bits per heavy atom. The number of aromatic hydroxyl groups is 1. The van der Waals surface area contributed by atoms with Crippen molar-refractivity contribution in [1.29, 1.82) is 0 Å². The molecule has 4 rings (SSSR count). The van der Waals surface area contributed by atoms with Gasteiger partial charge >= 0.3 is 6.18 Å². The summed E-state index contributed by atoms with van der Waals surface area (Å²) in [6.07, 6.45) is -3.61. The molecule has 1 aromatic heterocycles. The van der Waals surface area contributed by atoms with Crippen LogP contribution in [-0.4, -0.2) is 52.2 Å². The molecule has 0 amide bonds. The molecule has 1 aromatic carbocycles. The van der Waals surface area contributed by atoms with E-state index in [1.54, 1.807) is 6.07 Å². The van der Waals surface area contributed by atoms with Crippen molar-refractivity contribution in [3.05, 3.63) is 34.9 Å². The molecule has 10 heteroatoms. The van der Waals surface area contributed by atoms with Crippen LogP contribution >= 0.6 is 12.4 Å². The molecule has 0 bridgehead atoms. The van der Waals surface area contributed by atoms with E-state index < -0.39 is 23.6 Å². The van der Waals surface area contributed by atoms with Gasteiger partial charge in [0.25, 0.3) is 0 Å². The average Bonchev–Trinajstić information content (AvgIpc) is 3.04. The first-order valence-electron chi connectivity index (χ1n) is 9.19. The van der Waals surface area contributed by atoms with Gasteiger partial charge in [-0.3, -0.25) is 0 Å². The van der Waals surface area contributed by atoms with E-state index in [1.807, 2.05) is 4.90 Å². The number of alkyl halides is 3. The standard InChI is InChI=1S/C19H21F3N4O2.ClH/c1-10-6-12(19(20,21)22)8-16(28)17(10)13-7-11-3-5-26(18(11)25-24-13)14-9-23-4-2-15(14)27;/h6-8,14-15,23,27-28H,2-5,9H2,1H3;1H/t14-,15+;/m0./s1. The Morgan fingerprint density at radius 2 is 1.97 bits per heavy atom. The molecule has 3 heterocycles. The number of piperidine rings is 1. The normalized spacial score (nSPS) is 21.6. The van der Waals surface area contributed by atoms with Gasteiger partial charge in [0.15, 0.2) is 5.82 Å². The SMILES string of the molecule is Cc1cc(C(F)(F)F)cc(O)c1-c1cc2c(nn1)N([C@H]1CNCC[C@H]1O)CC2.Cl. The number of benzene rings is 1. The van der Waals surface area contributed by atoms with Crippen LogP contribution in [0.2, 0.25) is 0 Å². The summed E-state index contributed by atoms with van der Waals surface area (Å²) in [5, 5.41) is 32.2. The lowest BCUT2D eigenvalue weighted by Crippen LogP contribution is -2.53. The van der Waals surface area contributed by atoms with E-state index in [1.165, 1.54) is 6.92 Å². The first-order valence-corrected chi connectivity index (χ1v) is 9.19. The molecule has 0 aliphatic carbocycles. The molecule has 0 unspecified atom stereocenters. The van der Waals surface area contributed by atoms with E-state index in [4.69, 9.17) is 0 Å². The lowest BCUT2D eigenvalue weighted by molar-refractivity contribution is -0.137. The number of aliphatic hydroxyl groups excluding tert-OH is 1. The number of aryl methyl sites for hydroxylation is 1. The molecular formula is C19H22ClF3N4O2. The third kappa shape index (κ3) is 3.99. The zero-order chi connectivity index (χ0) is 20.1.